The van der Waals surface area contributed by atoms with Crippen LogP contribution < -0.4 is 5.32 Å². The molecule has 1 N–H and O–H groups in total. The molecule has 1 fully saturated rings. The highest BCUT2D eigenvalue weighted by atomic mass is 79.9. The summed E-state index contributed by atoms with van der Waals surface area (Å²) < 4.78 is 27.7. The predicted octanol–water partition coefficient (Wildman–Crippen LogP) is 2.71. The zero-order chi connectivity index (χ0) is 15.6. The maximum Gasteiger partial charge on any atom is 0.243 e. The molecule has 0 saturated carbocycles. The van der Waals surface area contributed by atoms with Crippen molar-refractivity contribution in [2.75, 3.05) is 26.2 Å². The summed E-state index contributed by atoms with van der Waals surface area (Å²) in [6, 6.07) is 15.1. The highest BCUT2D eigenvalue weighted by molar-refractivity contribution is 9.10. The van der Waals surface area contributed by atoms with Crippen LogP contribution in [-0.2, 0) is 10.0 Å². The molecule has 0 bridgehead atoms. The third kappa shape index (κ3) is 3.25. The molecule has 1 aliphatic rings. The molecular weight excluding hydrogens is 364 g/mol. The number of hydrogen-bond acceptors (Lipinski definition) is 3. The van der Waals surface area contributed by atoms with E-state index >= 15 is 0 Å². The molecule has 3 rings (SSSR count). The van der Waals surface area contributed by atoms with Crippen molar-refractivity contribution in [2.24, 2.45) is 0 Å². The molecule has 4 nitrogen and oxygen atoms in total. The SMILES string of the molecule is O=S(=O)(c1ccc(-c2ccc(Br)cc2)cc1)N1CCNCC1. The van der Waals surface area contributed by atoms with Crippen molar-refractivity contribution in [1.29, 1.82) is 0 Å². The molecule has 0 atom stereocenters. The van der Waals surface area contributed by atoms with Crippen LogP contribution in [0.4, 0.5) is 0 Å². The number of nitrogens with zero attached hydrogens (tertiary/aromatic N) is 1. The van der Waals surface area contributed by atoms with Crippen molar-refractivity contribution in [3.63, 3.8) is 0 Å². The van der Waals surface area contributed by atoms with Crippen molar-refractivity contribution in [1.82, 2.24) is 9.62 Å². The van der Waals surface area contributed by atoms with Crippen LogP contribution in [0.15, 0.2) is 57.9 Å². The maximum absolute atomic E-state index is 12.6. The van der Waals surface area contributed by atoms with Gasteiger partial charge in [-0.2, -0.15) is 4.31 Å². The molecule has 116 valence electrons. The van der Waals surface area contributed by atoms with Crippen molar-refractivity contribution in [3.05, 3.63) is 53.0 Å². The quantitative estimate of drug-likeness (QED) is 0.890. The van der Waals surface area contributed by atoms with Gasteiger partial charge in [0.05, 0.1) is 4.90 Å². The van der Waals surface area contributed by atoms with Gasteiger partial charge in [-0.1, -0.05) is 40.2 Å². The first-order valence-electron chi connectivity index (χ1n) is 7.14. The first-order chi connectivity index (χ1) is 10.6. The van der Waals surface area contributed by atoms with Gasteiger partial charge in [0.1, 0.15) is 0 Å². The van der Waals surface area contributed by atoms with Crippen LogP contribution in [0.25, 0.3) is 11.1 Å². The van der Waals surface area contributed by atoms with Crippen LogP contribution >= 0.6 is 15.9 Å². The van der Waals surface area contributed by atoms with Gasteiger partial charge in [0.2, 0.25) is 10.0 Å². The fourth-order valence-corrected chi connectivity index (χ4v) is 4.20. The number of benzene rings is 2. The number of rotatable bonds is 3. The Labute approximate surface area is 139 Å². The summed E-state index contributed by atoms with van der Waals surface area (Å²) in [5.74, 6) is 0. The van der Waals surface area contributed by atoms with Gasteiger partial charge >= 0.3 is 0 Å². The molecule has 6 heteroatoms. The molecule has 0 amide bonds. The third-order valence-electron chi connectivity index (χ3n) is 3.75. The van der Waals surface area contributed by atoms with Crippen molar-refractivity contribution >= 4 is 26.0 Å². The molecule has 0 radical (unpaired) electrons. The van der Waals surface area contributed by atoms with Gasteiger partial charge in [-0.25, -0.2) is 8.42 Å². The molecule has 1 saturated heterocycles. The standard InChI is InChI=1S/C16H17BrN2O2S/c17-15-5-1-13(2-6-15)14-3-7-16(8-4-14)22(20,21)19-11-9-18-10-12-19/h1-8,18H,9-12H2. The van der Waals surface area contributed by atoms with Gasteiger partial charge in [-0.3, -0.25) is 0 Å². The van der Waals surface area contributed by atoms with Crippen molar-refractivity contribution in [2.45, 2.75) is 4.90 Å². The van der Waals surface area contributed by atoms with E-state index in [1.54, 1.807) is 12.1 Å². The Morgan fingerprint density at radius 3 is 1.91 bits per heavy atom. The van der Waals surface area contributed by atoms with Crippen LogP contribution in [0, 0.1) is 0 Å². The molecule has 0 aromatic heterocycles. The topological polar surface area (TPSA) is 49.4 Å². The summed E-state index contributed by atoms with van der Waals surface area (Å²) in [7, 11) is -3.38. The minimum atomic E-state index is -3.38. The maximum atomic E-state index is 12.6. The molecule has 1 heterocycles. The first-order valence-corrected chi connectivity index (χ1v) is 9.37. The molecule has 2 aromatic rings. The monoisotopic (exact) mass is 380 g/mol. The van der Waals surface area contributed by atoms with Gasteiger partial charge < -0.3 is 5.32 Å². The smallest absolute Gasteiger partial charge is 0.243 e. The summed E-state index contributed by atoms with van der Waals surface area (Å²) in [5.41, 5.74) is 2.07. The zero-order valence-corrected chi connectivity index (χ0v) is 14.4. The minimum absolute atomic E-state index is 0.357. The Morgan fingerprint density at radius 2 is 1.36 bits per heavy atom. The number of piperazine rings is 1. The molecule has 0 aliphatic carbocycles. The second kappa shape index (κ2) is 6.50. The van der Waals surface area contributed by atoms with Crippen LogP contribution in [0.5, 0.6) is 0 Å². The Balaban J connectivity index is 1.86. The largest absolute Gasteiger partial charge is 0.314 e. The Morgan fingerprint density at radius 1 is 0.864 bits per heavy atom. The predicted molar refractivity (Wildman–Crippen MR) is 91.2 cm³/mol. The Bertz CT molecular complexity index is 737. The Hall–Kier alpha value is -1.21. The highest BCUT2D eigenvalue weighted by Gasteiger charge is 2.25. The molecule has 0 spiro atoms. The summed E-state index contributed by atoms with van der Waals surface area (Å²) in [5, 5.41) is 3.16. The lowest BCUT2D eigenvalue weighted by Gasteiger charge is -2.26. The Kier molecular flexibility index (Phi) is 4.63. The fourth-order valence-electron chi connectivity index (χ4n) is 2.50. The van der Waals surface area contributed by atoms with Gasteiger partial charge in [0.15, 0.2) is 0 Å². The average Bonchev–Trinajstić information content (AvgIpc) is 2.56. The zero-order valence-electron chi connectivity index (χ0n) is 12.0. The summed E-state index contributed by atoms with van der Waals surface area (Å²) in [6.07, 6.45) is 0. The highest BCUT2D eigenvalue weighted by Crippen LogP contribution is 2.24. The molecule has 0 unspecified atom stereocenters. The van der Waals surface area contributed by atoms with Crippen LogP contribution in [-0.4, -0.2) is 38.9 Å². The molecular formula is C16H17BrN2O2S. The van der Waals surface area contributed by atoms with E-state index in [-0.39, 0.29) is 0 Å². The van der Waals surface area contributed by atoms with E-state index in [4.69, 9.17) is 0 Å². The normalized spacial score (nSPS) is 16.6. The molecule has 1 aliphatic heterocycles. The van der Waals surface area contributed by atoms with Gasteiger partial charge in [-0.05, 0) is 35.4 Å². The van der Waals surface area contributed by atoms with Crippen LogP contribution in [0.2, 0.25) is 0 Å². The molecule has 22 heavy (non-hydrogen) atoms. The van der Waals surface area contributed by atoms with E-state index in [1.165, 1.54) is 4.31 Å². The second-order valence-electron chi connectivity index (χ2n) is 5.19. The lowest BCUT2D eigenvalue weighted by Crippen LogP contribution is -2.46. The van der Waals surface area contributed by atoms with E-state index in [0.717, 1.165) is 15.6 Å². The van der Waals surface area contributed by atoms with Crippen LogP contribution in [0.1, 0.15) is 0 Å². The summed E-state index contributed by atoms with van der Waals surface area (Å²) >= 11 is 3.41. The van der Waals surface area contributed by atoms with E-state index in [1.807, 2.05) is 36.4 Å². The fraction of sp³-hybridized carbons (Fsp3) is 0.250. The third-order valence-corrected chi connectivity index (χ3v) is 6.19. The van der Waals surface area contributed by atoms with Crippen LogP contribution in [0.3, 0.4) is 0 Å². The van der Waals surface area contributed by atoms with E-state index < -0.39 is 10.0 Å². The molecule has 2 aromatic carbocycles. The summed E-state index contributed by atoms with van der Waals surface area (Å²) in [6.45, 7) is 2.46. The van der Waals surface area contributed by atoms with E-state index in [0.29, 0.717) is 31.1 Å². The number of hydrogen-bond donors (Lipinski definition) is 1. The first kappa shape index (κ1) is 15.7. The number of sulfonamides is 1. The lowest BCUT2D eigenvalue weighted by molar-refractivity contribution is 0.360. The van der Waals surface area contributed by atoms with Crippen molar-refractivity contribution < 1.29 is 8.42 Å². The van der Waals surface area contributed by atoms with Gasteiger partial charge in [0, 0.05) is 30.7 Å². The lowest BCUT2D eigenvalue weighted by atomic mass is 10.1. The van der Waals surface area contributed by atoms with Gasteiger partial charge in [-0.15, -0.1) is 0 Å². The van der Waals surface area contributed by atoms with Crippen molar-refractivity contribution in [3.8, 4) is 11.1 Å². The van der Waals surface area contributed by atoms with E-state index in [2.05, 4.69) is 21.2 Å². The number of halogens is 1. The van der Waals surface area contributed by atoms with E-state index in [9.17, 15) is 8.42 Å². The average molecular weight is 381 g/mol. The second-order valence-corrected chi connectivity index (χ2v) is 8.04. The van der Waals surface area contributed by atoms with Gasteiger partial charge in [0.25, 0.3) is 0 Å². The number of nitrogens with one attached hydrogen (secondary N) is 1. The minimum Gasteiger partial charge on any atom is -0.314 e. The summed E-state index contributed by atoms with van der Waals surface area (Å²) in [4.78, 5) is 0.357.